The third kappa shape index (κ3) is 3.36. The summed E-state index contributed by atoms with van der Waals surface area (Å²) in [4.78, 5) is 27.0. The quantitative estimate of drug-likeness (QED) is 0.886. The van der Waals surface area contributed by atoms with Crippen molar-refractivity contribution >= 4 is 11.8 Å². The number of nitrogens with two attached hydrogens (primary N) is 1. The molecule has 27 heavy (non-hydrogen) atoms. The first-order valence-corrected chi connectivity index (χ1v) is 9.81. The lowest BCUT2D eigenvalue weighted by molar-refractivity contribution is -0.138. The van der Waals surface area contributed by atoms with E-state index in [1.54, 1.807) is 0 Å². The molecule has 1 atom stereocenters. The zero-order chi connectivity index (χ0) is 18.9. The maximum atomic E-state index is 12.7. The molecule has 4 rings (SSSR count). The van der Waals surface area contributed by atoms with Gasteiger partial charge in [-0.1, -0.05) is 61.0 Å². The highest BCUT2D eigenvalue weighted by Crippen LogP contribution is 2.39. The summed E-state index contributed by atoms with van der Waals surface area (Å²) in [6.07, 6.45) is 4.31. The number of benzene rings is 2. The fourth-order valence-corrected chi connectivity index (χ4v) is 4.34. The van der Waals surface area contributed by atoms with E-state index in [1.165, 1.54) is 0 Å². The van der Waals surface area contributed by atoms with Gasteiger partial charge >= 0.3 is 0 Å². The molecule has 1 saturated carbocycles. The number of carbonyl (C=O) groups excluding carboxylic acids is 2. The van der Waals surface area contributed by atoms with Gasteiger partial charge in [0.15, 0.2) is 0 Å². The molecule has 0 aromatic heterocycles. The molecule has 2 aromatic rings. The van der Waals surface area contributed by atoms with Gasteiger partial charge in [-0.25, -0.2) is 0 Å². The molecular formula is C23H26N2O2. The summed E-state index contributed by atoms with van der Waals surface area (Å²) in [5.41, 5.74) is 8.57. The van der Waals surface area contributed by atoms with Crippen molar-refractivity contribution in [1.29, 1.82) is 0 Å². The van der Waals surface area contributed by atoms with E-state index in [9.17, 15) is 9.59 Å². The third-order valence-corrected chi connectivity index (χ3v) is 6.27. The van der Waals surface area contributed by atoms with Crippen molar-refractivity contribution in [2.75, 3.05) is 13.1 Å². The Bertz CT molecular complexity index is 844. The molecular weight excluding hydrogens is 336 g/mol. The van der Waals surface area contributed by atoms with Crippen LogP contribution >= 0.6 is 0 Å². The zero-order valence-electron chi connectivity index (χ0n) is 15.6. The Hall–Kier alpha value is -2.62. The predicted molar refractivity (Wildman–Crippen MR) is 106 cm³/mol. The molecule has 140 valence electrons. The predicted octanol–water partition coefficient (Wildman–Crippen LogP) is 3.40. The molecule has 4 heteroatoms. The fourth-order valence-electron chi connectivity index (χ4n) is 4.34. The normalized spacial score (nSPS) is 22.4. The van der Waals surface area contributed by atoms with Crippen LogP contribution in [0.25, 0.3) is 11.1 Å². The molecule has 0 spiro atoms. The number of rotatable bonds is 5. The number of amides is 2. The highest BCUT2D eigenvalue weighted by Gasteiger charge is 2.46. The molecule has 4 nitrogen and oxygen atoms in total. The molecule has 1 aliphatic heterocycles. The summed E-state index contributed by atoms with van der Waals surface area (Å²) in [6.45, 7) is 1.08. The average molecular weight is 362 g/mol. The maximum Gasteiger partial charge on any atom is 0.225 e. The summed E-state index contributed by atoms with van der Waals surface area (Å²) in [5.74, 6) is 0.0697. The summed E-state index contributed by atoms with van der Waals surface area (Å²) < 4.78 is 0. The van der Waals surface area contributed by atoms with E-state index in [-0.39, 0.29) is 17.7 Å². The second-order valence-electron chi connectivity index (χ2n) is 7.98. The van der Waals surface area contributed by atoms with Crippen molar-refractivity contribution in [2.45, 2.75) is 32.1 Å². The van der Waals surface area contributed by atoms with Crippen LogP contribution in [0.3, 0.4) is 0 Å². The van der Waals surface area contributed by atoms with E-state index in [4.69, 9.17) is 5.73 Å². The van der Waals surface area contributed by atoms with Crippen LogP contribution in [0.4, 0.5) is 0 Å². The minimum absolute atomic E-state index is 0.158. The summed E-state index contributed by atoms with van der Waals surface area (Å²) in [6, 6.07) is 18.4. The van der Waals surface area contributed by atoms with Gasteiger partial charge in [0.1, 0.15) is 0 Å². The van der Waals surface area contributed by atoms with Crippen LogP contribution in [-0.4, -0.2) is 29.8 Å². The van der Waals surface area contributed by atoms with Crippen molar-refractivity contribution in [3.8, 4) is 11.1 Å². The Labute approximate surface area is 160 Å². The van der Waals surface area contributed by atoms with Crippen LogP contribution in [-0.2, 0) is 16.0 Å². The van der Waals surface area contributed by atoms with Crippen LogP contribution in [0.15, 0.2) is 54.6 Å². The van der Waals surface area contributed by atoms with Crippen LogP contribution in [0.1, 0.15) is 31.2 Å². The fraction of sp³-hybridized carbons (Fsp3) is 0.391. The number of primary amides is 1. The van der Waals surface area contributed by atoms with Crippen LogP contribution in [0, 0.1) is 11.3 Å². The number of carbonyl (C=O) groups is 2. The van der Waals surface area contributed by atoms with E-state index in [0.29, 0.717) is 25.9 Å². The van der Waals surface area contributed by atoms with Crippen molar-refractivity contribution in [2.24, 2.45) is 17.1 Å². The molecule has 2 N–H and O–H groups in total. The van der Waals surface area contributed by atoms with Crippen LogP contribution < -0.4 is 5.73 Å². The second-order valence-corrected chi connectivity index (χ2v) is 7.98. The van der Waals surface area contributed by atoms with Crippen molar-refractivity contribution < 1.29 is 9.59 Å². The Kier molecular flexibility index (Phi) is 4.73. The number of nitrogens with zero attached hydrogens (tertiary/aromatic N) is 1. The van der Waals surface area contributed by atoms with Gasteiger partial charge < -0.3 is 10.6 Å². The summed E-state index contributed by atoms with van der Waals surface area (Å²) in [5, 5.41) is 0. The van der Waals surface area contributed by atoms with Crippen molar-refractivity contribution in [1.82, 2.24) is 4.90 Å². The highest BCUT2D eigenvalue weighted by atomic mass is 16.2. The Morgan fingerprint density at radius 3 is 2.41 bits per heavy atom. The van der Waals surface area contributed by atoms with E-state index < -0.39 is 5.41 Å². The van der Waals surface area contributed by atoms with E-state index in [0.717, 1.165) is 36.0 Å². The van der Waals surface area contributed by atoms with Crippen molar-refractivity contribution in [3.63, 3.8) is 0 Å². The van der Waals surface area contributed by atoms with Gasteiger partial charge in [0.25, 0.3) is 0 Å². The largest absolute Gasteiger partial charge is 0.369 e. The smallest absolute Gasteiger partial charge is 0.225 e. The topological polar surface area (TPSA) is 63.4 Å². The Morgan fingerprint density at radius 2 is 1.74 bits per heavy atom. The first-order valence-electron chi connectivity index (χ1n) is 9.81. The molecule has 1 heterocycles. The van der Waals surface area contributed by atoms with Gasteiger partial charge in [-0.3, -0.25) is 9.59 Å². The molecule has 0 radical (unpaired) electrons. The van der Waals surface area contributed by atoms with Crippen LogP contribution in [0.5, 0.6) is 0 Å². The SMILES string of the molecule is NC(=O)[C@@]1(Cc2ccccc2-c2ccccc2)CCN(C(=O)C2CCC2)C1. The average Bonchev–Trinajstić information content (AvgIpc) is 3.07. The van der Waals surface area contributed by atoms with Gasteiger partial charge in [-0.05, 0) is 42.4 Å². The Morgan fingerprint density at radius 1 is 1.04 bits per heavy atom. The molecule has 2 aliphatic rings. The van der Waals surface area contributed by atoms with Gasteiger partial charge in [0, 0.05) is 19.0 Å². The monoisotopic (exact) mass is 362 g/mol. The summed E-state index contributed by atoms with van der Waals surface area (Å²) >= 11 is 0. The lowest BCUT2D eigenvalue weighted by Gasteiger charge is -2.31. The van der Waals surface area contributed by atoms with Crippen LogP contribution in [0.2, 0.25) is 0 Å². The van der Waals surface area contributed by atoms with Gasteiger partial charge in [-0.2, -0.15) is 0 Å². The molecule has 2 aromatic carbocycles. The van der Waals surface area contributed by atoms with E-state index >= 15 is 0 Å². The minimum atomic E-state index is -0.676. The number of hydrogen-bond acceptors (Lipinski definition) is 2. The molecule has 1 aliphatic carbocycles. The lowest BCUT2D eigenvalue weighted by atomic mass is 9.78. The Balaban J connectivity index is 1.60. The van der Waals surface area contributed by atoms with E-state index in [2.05, 4.69) is 24.3 Å². The lowest BCUT2D eigenvalue weighted by Crippen LogP contribution is -2.44. The van der Waals surface area contributed by atoms with Crippen molar-refractivity contribution in [3.05, 3.63) is 60.2 Å². The third-order valence-electron chi connectivity index (χ3n) is 6.27. The molecule has 2 fully saturated rings. The maximum absolute atomic E-state index is 12.7. The minimum Gasteiger partial charge on any atom is -0.369 e. The molecule has 0 bridgehead atoms. The second kappa shape index (κ2) is 7.18. The number of hydrogen-bond donors (Lipinski definition) is 1. The van der Waals surface area contributed by atoms with Gasteiger partial charge in [0.05, 0.1) is 5.41 Å². The highest BCUT2D eigenvalue weighted by molar-refractivity contribution is 5.85. The number of likely N-dealkylation sites (tertiary alicyclic amines) is 1. The van der Waals surface area contributed by atoms with E-state index in [1.807, 2.05) is 35.2 Å². The standard InChI is InChI=1S/C23H26N2O2/c24-22(27)23(13-14-25(16-23)21(26)18-10-6-11-18)15-19-9-4-5-12-20(19)17-7-2-1-3-8-17/h1-5,7-9,12,18H,6,10-11,13-16H2,(H2,24,27)/t23-/m1/s1. The first-order chi connectivity index (χ1) is 13.1. The molecule has 2 amide bonds. The zero-order valence-corrected chi connectivity index (χ0v) is 15.6. The molecule has 1 saturated heterocycles. The summed E-state index contributed by atoms with van der Waals surface area (Å²) in [7, 11) is 0. The first kappa shape index (κ1) is 17.8. The molecule has 0 unspecified atom stereocenters. The van der Waals surface area contributed by atoms with Gasteiger partial charge in [-0.15, -0.1) is 0 Å². The van der Waals surface area contributed by atoms with Gasteiger partial charge in [0.2, 0.25) is 11.8 Å².